The molecule has 0 aliphatic heterocycles. The second-order valence-electron chi connectivity index (χ2n) is 5.76. The van der Waals surface area contributed by atoms with Crippen molar-refractivity contribution < 1.29 is 9.52 Å². The van der Waals surface area contributed by atoms with Gasteiger partial charge >= 0.3 is 0 Å². The van der Waals surface area contributed by atoms with Crippen molar-refractivity contribution >= 4 is 11.0 Å². The van der Waals surface area contributed by atoms with Crippen LogP contribution in [0, 0.1) is 0 Å². The molecule has 3 aromatic rings. The summed E-state index contributed by atoms with van der Waals surface area (Å²) in [7, 11) is 0. The maximum absolute atomic E-state index is 12.6. The lowest BCUT2D eigenvalue weighted by Gasteiger charge is -2.11. The van der Waals surface area contributed by atoms with Crippen LogP contribution in [-0.4, -0.2) is 10.1 Å². The average molecular weight is 293 g/mol. The minimum absolute atomic E-state index is 0.0323. The molecule has 22 heavy (non-hydrogen) atoms. The van der Waals surface area contributed by atoms with Gasteiger partial charge in [0.1, 0.15) is 17.1 Å². The van der Waals surface area contributed by atoms with Crippen molar-refractivity contribution in [2.45, 2.75) is 25.2 Å². The molecule has 0 bridgehead atoms. The SMILES string of the molecule is O=c1c2c(oc3cc(O)ccc13)C(Cc1cccnc1)CC2. The van der Waals surface area contributed by atoms with Crippen LogP contribution in [0.25, 0.3) is 11.0 Å². The molecule has 1 aromatic carbocycles. The molecule has 0 spiro atoms. The van der Waals surface area contributed by atoms with E-state index in [1.54, 1.807) is 12.3 Å². The summed E-state index contributed by atoms with van der Waals surface area (Å²) in [5.74, 6) is 1.07. The molecule has 4 rings (SSSR count). The van der Waals surface area contributed by atoms with Gasteiger partial charge in [0.05, 0.1) is 5.39 Å². The molecule has 110 valence electrons. The number of benzene rings is 1. The normalized spacial score (nSPS) is 16.8. The van der Waals surface area contributed by atoms with E-state index in [1.807, 2.05) is 18.3 Å². The smallest absolute Gasteiger partial charge is 0.196 e. The lowest BCUT2D eigenvalue weighted by molar-refractivity contribution is 0.467. The van der Waals surface area contributed by atoms with E-state index in [2.05, 4.69) is 4.98 Å². The van der Waals surface area contributed by atoms with Gasteiger partial charge in [-0.3, -0.25) is 9.78 Å². The van der Waals surface area contributed by atoms with Gasteiger partial charge in [-0.05, 0) is 43.0 Å². The fourth-order valence-electron chi connectivity index (χ4n) is 3.25. The van der Waals surface area contributed by atoms with Crippen molar-refractivity contribution in [2.75, 3.05) is 0 Å². The number of phenolic OH excluding ortho intramolecular Hbond substituents is 1. The van der Waals surface area contributed by atoms with Crippen molar-refractivity contribution in [3.05, 3.63) is 69.8 Å². The summed E-state index contributed by atoms with van der Waals surface area (Å²) >= 11 is 0. The molecule has 0 saturated carbocycles. The minimum Gasteiger partial charge on any atom is -0.508 e. The van der Waals surface area contributed by atoms with E-state index in [1.165, 1.54) is 12.1 Å². The zero-order valence-corrected chi connectivity index (χ0v) is 12.0. The molecule has 0 fully saturated rings. The molecule has 4 nitrogen and oxygen atoms in total. The van der Waals surface area contributed by atoms with Crippen LogP contribution in [0.3, 0.4) is 0 Å². The molecule has 0 saturated heterocycles. The Labute approximate surface area is 127 Å². The summed E-state index contributed by atoms with van der Waals surface area (Å²) < 4.78 is 5.97. The van der Waals surface area contributed by atoms with Crippen LogP contribution in [0.15, 0.2) is 51.9 Å². The highest BCUT2D eigenvalue weighted by Gasteiger charge is 2.29. The molecule has 1 aliphatic carbocycles. The van der Waals surface area contributed by atoms with Crippen molar-refractivity contribution in [3.63, 3.8) is 0 Å². The van der Waals surface area contributed by atoms with E-state index in [0.29, 0.717) is 11.0 Å². The fourth-order valence-corrected chi connectivity index (χ4v) is 3.25. The van der Waals surface area contributed by atoms with Gasteiger partial charge in [0, 0.05) is 29.9 Å². The first-order valence-corrected chi connectivity index (χ1v) is 7.40. The highest BCUT2D eigenvalue weighted by molar-refractivity contribution is 5.79. The third-order valence-corrected chi connectivity index (χ3v) is 4.32. The first kappa shape index (κ1) is 13.1. The van der Waals surface area contributed by atoms with Crippen molar-refractivity contribution in [2.24, 2.45) is 0 Å². The highest BCUT2D eigenvalue weighted by Crippen LogP contribution is 2.36. The molecule has 0 amide bonds. The zero-order chi connectivity index (χ0) is 15.1. The number of pyridine rings is 1. The van der Waals surface area contributed by atoms with Gasteiger partial charge in [0.15, 0.2) is 5.43 Å². The number of rotatable bonds is 2. The number of nitrogens with zero attached hydrogens (tertiary/aromatic N) is 1. The van der Waals surface area contributed by atoms with Gasteiger partial charge in [-0.15, -0.1) is 0 Å². The summed E-state index contributed by atoms with van der Waals surface area (Å²) in [5.41, 5.74) is 2.41. The maximum atomic E-state index is 12.6. The van der Waals surface area contributed by atoms with Crippen LogP contribution in [0.1, 0.15) is 29.2 Å². The Morgan fingerprint density at radius 1 is 1.32 bits per heavy atom. The molecule has 1 unspecified atom stereocenters. The number of hydrogen-bond donors (Lipinski definition) is 1. The zero-order valence-electron chi connectivity index (χ0n) is 12.0. The quantitative estimate of drug-likeness (QED) is 0.788. The molecule has 2 heterocycles. The van der Waals surface area contributed by atoms with Gasteiger partial charge in [0.25, 0.3) is 0 Å². The Balaban J connectivity index is 1.81. The fraction of sp³-hybridized carbons (Fsp3) is 0.222. The van der Waals surface area contributed by atoms with E-state index < -0.39 is 0 Å². The highest BCUT2D eigenvalue weighted by atomic mass is 16.3. The van der Waals surface area contributed by atoms with Crippen LogP contribution in [-0.2, 0) is 12.8 Å². The van der Waals surface area contributed by atoms with E-state index in [-0.39, 0.29) is 17.1 Å². The van der Waals surface area contributed by atoms with Crippen molar-refractivity contribution in [3.8, 4) is 5.75 Å². The number of aromatic nitrogens is 1. The second kappa shape index (κ2) is 4.98. The summed E-state index contributed by atoms with van der Waals surface area (Å²) in [4.78, 5) is 16.7. The second-order valence-corrected chi connectivity index (χ2v) is 5.76. The number of fused-ring (bicyclic) bond motifs is 2. The van der Waals surface area contributed by atoms with E-state index in [0.717, 1.165) is 36.1 Å². The van der Waals surface area contributed by atoms with Crippen LogP contribution in [0.2, 0.25) is 0 Å². The largest absolute Gasteiger partial charge is 0.508 e. The molecule has 2 aromatic heterocycles. The monoisotopic (exact) mass is 293 g/mol. The van der Waals surface area contributed by atoms with Gasteiger partial charge in [0.2, 0.25) is 0 Å². The molecular formula is C18H15NO3. The Bertz CT molecular complexity index is 899. The van der Waals surface area contributed by atoms with E-state index >= 15 is 0 Å². The molecule has 1 atom stereocenters. The lowest BCUT2D eigenvalue weighted by atomic mass is 9.99. The Kier molecular flexibility index (Phi) is 2.96. The number of phenols is 1. The number of hydrogen-bond acceptors (Lipinski definition) is 4. The number of aromatic hydroxyl groups is 1. The summed E-state index contributed by atoms with van der Waals surface area (Å²) in [6.07, 6.45) is 6.07. The van der Waals surface area contributed by atoms with Crippen LogP contribution < -0.4 is 5.43 Å². The predicted molar refractivity (Wildman–Crippen MR) is 83.2 cm³/mol. The van der Waals surface area contributed by atoms with E-state index in [4.69, 9.17) is 4.42 Å². The Morgan fingerprint density at radius 2 is 2.23 bits per heavy atom. The van der Waals surface area contributed by atoms with Crippen molar-refractivity contribution in [1.82, 2.24) is 4.98 Å². The topological polar surface area (TPSA) is 63.3 Å². The van der Waals surface area contributed by atoms with Crippen LogP contribution >= 0.6 is 0 Å². The lowest BCUT2D eigenvalue weighted by Crippen LogP contribution is -2.09. The van der Waals surface area contributed by atoms with E-state index in [9.17, 15) is 9.90 Å². The summed E-state index contributed by atoms with van der Waals surface area (Å²) in [6, 6.07) is 8.62. The third-order valence-electron chi connectivity index (χ3n) is 4.32. The molecule has 1 aliphatic rings. The van der Waals surface area contributed by atoms with Gasteiger partial charge in [-0.1, -0.05) is 6.07 Å². The molecular weight excluding hydrogens is 278 g/mol. The minimum atomic E-state index is 0.0323. The Morgan fingerprint density at radius 3 is 3.05 bits per heavy atom. The molecule has 1 N–H and O–H groups in total. The predicted octanol–water partition coefficient (Wildman–Crippen LogP) is 3.17. The Hall–Kier alpha value is -2.62. The third kappa shape index (κ3) is 2.08. The first-order valence-electron chi connectivity index (χ1n) is 7.40. The summed E-state index contributed by atoms with van der Waals surface area (Å²) in [6.45, 7) is 0. The van der Waals surface area contributed by atoms with Gasteiger partial charge < -0.3 is 9.52 Å². The van der Waals surface area contributed by atoms with Crippen molar-refractivity contribution in [1.29, 1.82) is 0 Å². The molecule has 4 heteroatoms. The standard InChI is InChI=1S/C18H15NO3/c20-13-4-6-14-16(9-13)22-18-12(3-5-15(18)17(14)21)8-11-2-1-7-19-10-11/h1-2,4,6-7,9-10,12,20H,3,5,8H2. The van der Waals surface area contributed by atoms with Gasteiger partial charge in [-0.2, -0.15) is 0 Å². The average Bonchev–Trinajstić information content (AvgIpc) is 2.91. The van der Waals surface area contributed by atoms with Gasteiger partial charge in [-0.25, -0.2) is 0 Å². The maximum Gasteiger partial charge on any atom is 0.196 e. The molecule has 0 radical (unpaired) electrons. The first-order chi connectivity index (χ1) is 10.7. The van der Waals surface area contributed by atoms with Crippen LogP contribution in [0.5, 0.6) is 5.75 Å². The summed E-state index contributed by atoms with van der Waals surface area (Å²) in [5, 5.41) is 10.1. The van der Waals surface area contributed by atoms with Crippen LogP contribution in [0.4, 0.5) is 0 Å².